The van der Waals surface area contributed by atoms with Crippen LogP contribution in [-0.4, -0.2) is 6.54 Å². The molecule has 0 amide bonds. The second-order valence-corrected chi connectivity index (χ2v) is 4.75. The zero-order valence-electron chi connectivity index (χ0n) is 9.76. The molecule has 0 aliphatic heterocycles. The standard InChI is InChI=1S/C13H20ClN/c1-4-13(15-9-10(2)3)11-5-7-12(14)8-6-11/h5-8,10,13,15H,4,9H2,1-3H3. The van der Waals surface area contributed by atoms with Crippen LogP contribution >= 0.6 is 11.6 Å². The lowest BCUT2D eigenvalue weighted by Crippen LogP contribution is -2.24. The van der Waals surface area contributed by atoms with Crippen LogP contribution in [0.25, 0.3) is 0 Å². The maximum absolute atomic E-state index is 5.87. The van der Waals surface area contributed by atoms with E-state index >= 15 is 0 Å². The van der Waals surface area contributed by atoms with E-state index in [0.29, 0.717) is 12.0 Å². The molecule has 0 fully saturated rings. The van der Waals surface area contributed by atoms with Crippen molar-refractivity contribution in [1.29, 1.82) is 0 Å². The van der Waals surface area contributed by atoms with Crippen molar-refractivity contribution in [1.82, 2.24) is 5.32 Å². The van der Waals surface area contributed by atoms with Crippen LogP contribution in [0, 0.1) is 5.92 Å². The van der Waals surface area contributed by atoms with Crippen molar-refractivity contribution in [2.75, 3.05) is 6.54 Å². The SMILES string of the molecule is CCC(NCC(C)C)c1ccc(Cl)cc1. The van der Waals surface area contributed by atoms with E-state index in [-0.39, 0.29) is 0 Å². The number of nitrogens with one attached hydrogen (secondary N) is 1. The third kappa shape index (κ3) is 4.23. The lowest BCUT2D eigenvalue weighted by atomic mass is 10.0. The molecule has 0 saturated heterocycles. The molecule has 1 aromatic rings. The first-order valence-corrected chi connectivity index (χ1v) is 6.00. The van der Waals surface area contributed by atoms with Crippen LogP contribution < -0.4 is 5.32 Å². The van der Waals surface area contributed by atoms with E-state index in [2.05, 4.69) is 38.2 Å². The zero-order chi connectivity index (χ0) is 11.3. The summed E-state index contributed by atoms with van der Waals surface area (Å²) < 4.78 is 0. The number of halogens is 1. The third-order valence-corrected chi connectivity index (χ3v) is 2.71. The molecule has 0 spiro atoms. The van der Waals surface area contributed by atoms with E-state index in [0.717, 1.165) is 18.0 Å². The van der Waals surface area contributed by atoms with E-state index in [1.54, 1.807) is 0 Å². The Morgan fingerprint density at radius 2 is 1.80 bits per heavy atom. The molecule has 0 aliphatic rings. The highest BCUT2D eigenvalue weighted by molar-refractivity contribution is 6.30. The molecule has 1 atom stereocenters. The largest absolute Gasteiger partial charge is 0.310 e. The quantitative estimate of drug-likeness (QED) is 0.798. The summed E-state index contributed by atoms with van der Waals surface area (Å²) in [5.41, 5.74) is 1.32. The Morgan fingerprint density at radius 3 is 2.27 bits per heavy atom. The Kier molecular flexibility index (Phi) is 5.13. The first kappa shape index (κ1) is 12.5. The van der Waals surface area contributed by atoms with Gasteiger partial charge in [-0.05, 0) is 36.6 Å². The Morgan fingerprint density at radius 1 is 1.20 bits per heavy atom. The lowest BCUT2D eigenvalue weighted by molar-refractivity contribution is 0.465. The Bertz CT molecular complexity index is 279. The van der Waals surface area contributed by atoms with Gasteiger partial charge in [-0.2, -0.15) is 0 Å². The minimum Gasteiger partial charge on any atom is -0.310 e. The van der Waals surface area contributed by atoms with Gasteiger partial charge in [0.25, 0.3) is 0 Å². The molecule has 1 aromatic carbocycles. The zero-order valence-corrected chi connectivity index (χ0v) is 10.5. The molecule has 84 valence electrons. The molecule has 15 heavy (non-hydrogen) atoms. The maximum atomic E-state index is 5.87. The van der Waals surface area contributed by atoms with Crippen LogP contribution in [0.1, 0.15) is 38.8 Å². The van der Waals surface area contributed by atoms with Gasteiger partial charge in [-0.25, -0.2) is 0 Å². The monoisotopic (exact) mass is 225 g/mol. The molecule has 0 radical (unpaired) electrons. The van der Waals surface area contributed by atoms with Crippen LogP contribution in [0.4, 0.5) is 0 Å². The van der Waals surface area contributed by atoms with E-state index in [1.807, 2.05) is 12.1 Å². The van der Waals surface area contributed by atoms with Gasteiger partial charge < -0.3 is 5.32 Å². The molecular formula is C13H20ClN. The van der Waals surface area contributed by atoms with Gasteiger partial charge in [-0.3, -0.25) is 0 Å². The number of hydrogen-bond acceptors (Lipinski definition) is 1. The fourth-order valence-corrected chi connectivity index (χ4v) is 1.70. The summed E-state index contributed by atoms with van der Waals surface area (Å²) in [5.74, 6) is 0.686. The van der Waals surface area contributed by atoms with Crippen molar-refractivity contribution < 1.29 is 0 Å². The van der Waals surface area contributed by atoms with E-state index in [1.165, 1.54) is 5.56 Å². The van der Waals surface area contributed by atoms with Crippen molar-refractivity contribution in [3.63, 3.8) is 0 Å². The van der Waals surface area contributed by atoms with Gasteiger partial charge in [0, 0.05) is 11.1 Å². The van der Waals surface area contributed by atoms with Crippen molar-refractivity contribution in [3.8, 4) is 0 Å². The molecule has 1 nitrogen and oxygen atoms in total. The normalized spacial score (nSPS) is 13.1. The minimum atomic E-state index is 0.449. The van der Waals surface area contributed by atoms with Crippen molar-refractivity contribution in [2.45, 2.75) is 33.2 Å². The van der Waals surface area contributed by atoms with Crippen LogP contribution in [0.2, 0.25) is 5.02 Å². The van der Waals surface area contributed by atoms with Crippen molar-refractivity contribution >= 4 is 11.6 Å². The predicted molar refractivity (Wildman–Crippen MR) is 67.3 cm³/mol. The second kappa shape index (κ2) is 6.14. The number of hydrogen-bond donors (Lipinski definition) is 1. The predicted octanol–water partition coefficient (Wildman–Crippen LogP) is 4.04. The fourth-order valence-electron chi connectivity index (χ4n) is 1.57. The highest BCUT2D eigenvalue weighted by Gasteiger charge is 2.08. The summed E-state index contributed by atoms with van der Waals surface area (Å²) in [4.78, 5) is 0. The molecular weight excluding hydrogens is 206 g/mol. The molecule has 0 bridgehead atoms. The highest BCUT2D eigenvalue weighted by Crippen LogP contribution is 2.19. The first-order chi connectivity index (χ1) is 7.13. The van der Waals surface area contributed by atoms with Crippen LogP contribution in [0.3, 0.4) is 0 Å². The van der Waals surface area contributed by atoms with Gasteiger partial charge in [0.15, 0.2) is 0 Å². The molecule has 0 aromatic heterocycles. The summed E-state index contributed by atoms with van der Waals surface area (Å²) in [6.45, 7) is 7.71. The maximum Gasteiger partial charge on any atom is 0.0406 e. The molecule has 2 heteroatoms. The summed E-state index contributed by atoms with van der Waals surface area (Å²) in [7, 11) is 0. The fraction of sp³-hybridized carbons (Fsp3) is 0.538. The topological polar surface area (TPSA) is 12.0 Å². The van der Waals surface area contributed by atoms with Gasteiger partial charge >= 0.3 is 0 Å². The van der Waals surface area contributed by atoms with Gasteiger partial charge in [-0.1, -0.05) is 44.5 Å². The molecule has 0 saturated carbocycles. The average Bonchev–Trinajstić information content (AvgIpc) is 2.21. The Hall–Kier alpha value is -0.530. The van der Waals surface area contributed by atoms with Crippen molar-refractivity contribution in [2.24, 2.45) is 5.92 Å². The summed E-state index contributed by atoms with van der Waals surface area (Å²) in [6, 6.07) is 8.56. The van der Waals surface area contributed by atoms with Gasteiger partial charge in [0.1, 0.15) is 0 Å². The molecule has 1 N–H and O–H groups in total. The minimum absolute atomic E-state index is 0.449. The Balaban J connectivity index is 2.61. The smallest absolute Gasteiger partial charge is 0.0406 e. The highest BCUT2D eigenvalue weighted by atomic mass is 35.5. The number of benzene rings is 1. The van der Waals surface area contributed by atoms with Gasteiger partial charge in [0.2, 0.25) is 0 Å². The molecule has 1 unspecified atom stereocenters. The second-order valence-electron chi connectivity index (χ2n) is 4.31. The van der Waals surface area contributed by atoms with Crippen LogP contribution in [0.15, 0.2) is 24.3 Å². The van der Waals surface area contributed by atoms with Crippen molar-refractivity contribution in [3.05, 3.63) is 34.9 Å². The van der Waals surface area contributed by atoms with E-state index in [9.17, 15) is 0 Å². The number of rotatable bonds is 5. The third-order valence-electron chi connectivity index (χ3n) is 2.45. The molecule has 1 rings (SSSR count). The average molecular weight is 226 g/mol. The van der Waals surface area contributed by atoms with Crippen LogP contribution in [-0.2, 0) is 0 Å². The van der Waals surface area contributed by atoms with E-state index < -0.39 is 0 Å². The van der Waals surface area contributed by atoms with Crippen LogP contribution in [0.5, 0.6) is 0 Å². The van der Waals surface area contributed by atoms with E-state index in [4.69, 9.17) is 11.6 Å². The Labute approximate surface area is 97.8 Å². The summed E-state index contributed by atoms with van der Waals surface area (Å²) >= 11 is 5.87. The lowest BCUT2D eigenvalue weighted by Gasteiger charge is -2.18. The molecule has 0 aliphatic carbocycles. The van der Waals surface area contributed by atoms with Gasteiger partial charge in [0.05, 0.1) is 0 Å². The van der Waals surface area contributed by atoms with Gasteiger partial charge in [-0.15, -0.1) is 0 Å². The summed E-state index contributed by atoms with van der Waals surface area (Å²) in [5, 5.41) is 4.36. The first-order valence-electron chi connectivity index (χ1n) is 5.62. The molecule has 0 heterocycles. The summed E-state index contributed by atoms with van der Waals surface area (Å²) in [6.07, 6.45) is 1.11.